The first-order valence-corrected chi connectivity index (χ1v) is 12.7. The number of carbonyl (C=O) groups is 3. The Morgan fingerprint density at radius 2 is 2.20 bits per heavy atom. The average Bonchev–Trinajstić information content (AvgIpc) is 3.11. The number of thiazole rings is 1. The number of aliphatic carboxylic acids is 1. The van der Waals surface area contributed by atoms with E-state index in [4.69, 9.17) is 28.5 Å². The molecule has 3 heterocycles. The number of thioether (sulfide) groups is 2. The van der Waals surface area contributed by atoms with Crippen LogP contribution in [0.1, 0.15) is 19.0 Å². The number of carbonyl (C=O) groups excluding carboxylic acids is 2. The summed E-state index contributed by atoms with van der Waals surface area (Å²) >= 11 is 9.18. The maximum atomic E-state index is 12.8. The van der Waals surface area contributed by atoms with Gasteiger partial charge in [-0.05, 0) is 12.3 Å². The van der Waals surface area contributed by atoms with Gasteiger partial charge in [-0.3, -0.25) is 14.5 Å². The average molecular weight is 559 g/mol. The number of hydrogen-bond acceptors (Lipinski definition) is 12. The Kier molecular flexibility index (Phi) is 8.42. The number of oxime groups is 1. The topological polar surface area (TPSA) is 220 Å². The van der Waals surface area contributed by atoms with Crippen LogP contribution in [0.4, 0.5) is 5.13 Å². The van der Waals surface area contributed by atoms with E-state index in [1.54, 1.807) is 6.92 Å². The summed E-state index contributed by atoms with van der Waals surface area (Å²) in [5.41, 5.74) is 10.7. The van der Waals surface area contributed by atoms with Gasteiger partial charge in [-0.15, -0.1) is 11.8 Å². The van der Waals surface area contributed by atoms with Crippen LogP contribution in [0, 0.1) is 5.41 Å². The number of halogens is 1. The molecule has 1 unspecified atom stereocenters. The first kappa shape index (κ1) is 26.5. The zero-order valence-electron chi connectivity index (χ0n) is 17.9. The minimum absolute atomic E-state index is 0.0314. The van der Waals surface area contributed by atoms with Gasteiger partial charge in [-0.25, -0.2) is 14.8 Å². The number of nitrogens with one attached hydrogen (secondary N) is 2. The molecule has 2 aliphatic rings. The van der Waals surface area contributed by atoms with Gasteiger partial charge < -0.3 is 32.5 Å². The molecule has 0 aliphatic carbocycles. The predicted octanol–water partition coefficient (Wildman–Crippen LogP) is 1.24. The highest BCUT2D eigenvalue weighted by molar-refractivity contribution is 8.08. The Morgan fingerprint density at radius 3 is 2.77 bits per heavy atom. The SMILES string of the molecule is CC(=N)CC(N)=N/C=C\SC1=C(C(=O)O)N2C(=O)C(NC(=O)/C(=N\O)c3nc(N)sc3Cl)[C@H]2SC1. The molecule has 3 rings (SSSR count). The van der Waals surface area contributed by atoms with Crippen molar-refractivity contribution >= 4 is 86.6 Å². The van der Waals surface area contributed by atoms with Crippen molar-refractivity contribution in [2.24, 2.45) is 15.9 Å². The number of rotatable bonds is 9. The van der Waals surface area contributed by atoms with E-state index in [0.717, 1.165) is 28.0 Å². The molecule has 17 heteroatoms. The van der Waals surface area contributed by atoms with Gasteiger partial charge in [0.2, 0.25) is 0 Å². The standard InChI is InChI=1S/C18H19ClN8O5S3/c1-6(20)4-8(21)23-2-3-33-7-5-34-16-11(15(29)27(16)12(7)17(30)31)24-14(28)10(26-32)9-13(19)35-18(22)25-9/h2-3,11,16,20,32H,4-5H2,1H3,(H2,21,23)(H2,22,25)(H,24,28)(H,30,31)/b3-2-,20-6?,26-10-/t11?,16-/m1/s1. The second-order valence-electron chi connectivity index (χ2n) is 7.04. The normalized spacial score (nSPS) is 20.6. The number of nitrogens with zero attached hydrogens (tertiary/aromatic N) is 4. The van der Waals surface area contributed by atoms with Crippen LogP contribution in [0.25, 0.3) is 0 Å². The lowest BCUT2D eigenvalue weighted by atomic mass is 10.0. The lowest BCUT2D eigenvalue weighted by Gasteiger charge is -2.49. The number of carboxylic acids is 1. The molecular formula is C18H19ClN8O5S3. The number of fused-ring (bicyclic) bond motifs is 1. The van der Waals surface area contributed by atoms with E-state index in [1.165, 1.54) is 23.4 Å². The summed E-state index contributed by atoms with van der Waals surface area (Å²) in [6, 6.07) is -1.05. The Hall–Kier alpha value is -3.08. The highest BCUT2D eigenvalue weighted by Crippen LogP contribution is 2.43. The molecule has 1 fully saturated rings. The summed E-state index contributed by atoms with van der Waals surface area (Å²) in [7, 11) is 0. The van der Waals surface area contributed by atoms with Gasteiger partial charge in [0.15, 0.2) is 10.8 Å². The van der Waals surface area contributed by atoms with E-state index in [-0.39, 0.29) is 38.9 Å². The Morgan fingerprint density at radius 1 is 1.49 bits per heavy atom. The van der Waals surface area contributed by atoms with Crippen molar-refractivity contribution in [1.82, 2.24) is 15.2 Å². The molecule has 13 nitrogen and oxygen atoms in total. The molecule has 186 valence electrons. The van der Waals surface area contributed by atoms with Crippen LogP contribution < -0.4 is 16.8 Å². The maximum absolute atomic E-state index is 12.8. The summed E-state index contributed by atoms with van der Waals surface area (Å²) in [5, 5.41) is 32.7. The molecule has 0 aromatic carbocycles. The van der Waals surface area contributed by atoms with Crippen molar-refractivity contribution in [3.63, 3.8) is 0 Å². The van der Waals surface area contributed by atoms with E-state index < -0.39 is 34.9 Å². The maximum Gasteiger partial charge on any atom is 0.353 e. The van der Waals surface area contributed by atoms with Crippen molar-refractivity contribution in [3.05, 3.63) is 32.2 Å². The third kappa shape index (κ3) is 5.77. The van der Waals surface area contributed by atoms with Gasteiger partial charge in [0.05, 0.1) is 0 Å². The summed E-state index contributed by atoms with van der Waals surface area (Å²) < 4.78 is 0.0314. The number of nitrogens with two attached hydrogens (primary N) is 2. The van der Waals surface area contributed by atoms with E-state index in [0.29, 0.717) is 10.6 Å². The van der Waals surface area contributed by atoms with Crippen LogP contribution in [0.5, 0.6) is 0 Å². The highest BCUT2D eigenvalue weighted by Gasteiger charge is 2.54. The minimum Gasteiger partial charge on any atom is -0.477 e. The van der Waals surface area contributed by atoms with Crippen molar-refractivity contribution in [3.8, 4) is 0 Å². The molecule has 0 bridgehead atoms. The zero-order chi connectivity index (χ0) is 25.9. The van der Waals surface area contributed by atoms with Gasteiger partial charge in [0.25, 0.3) is 11.8 Å². The third-order valence-corrected chi connectivity index (χ3v) is 7.95. The van der Waals surface area contributed by atoms with Gasteiger partial charge >= 0.3 is 5.97 Å². The molecular weight excluding hydrogens is 540 g/mol. The first-order valence-electron chi connectivity index (χ1n) is 9.59. The highest BCUT2D eigenvalue weighted by atomic mass is 35.5. The smallest absolute Gasteiger partial charge is 0.353 e. The van der Waals surface area contributed by atoms with Crippen molar-refractivity contribution in [1.29, 1.82) is 5.41 Å². The van der Waals surface area contributed by atoms with Crippen molar-refractivity contribution < 1.29 is 24.7 Å². The molecule has 35 heavy (non-hydrogen) atoms. The molecule has 0 spiro atoms. The number of hydrogen-bond donors (Lipinski definition) is 6. The van der Waals surface area contributed by atoms with Gasteiger partial charge in [0.1, 0.15) is 33.0 Å². The van der Waals surface area contributed by atoms with Gasteiger partial charge in [-0.1, -0.05) is 39.9 Å². The van der Waals surface area contributed by atoms with E-state index in [2.05, 4.69) is 20.4 Å². The number of amides is 2. The van der Waals surface area contributed by atoms with E-state index >= 15 is 0 Å². The van der Waals surface area contributed by atoms with Crippen LogP contribution >= 0.6 is 46.5 Å². The fourth-order valence-electron chi connectivity index (χ4n) is 3.11. The molecule has 0 saturated carbocycles. The van der Waals surface area contributed by atoms with Crippen LogP contribution in [-0.2, 0) is 14.4 Å². The fourth-order valence-corrected chi connectivity index (χ4v) is 6.29. The number of carboxylic acid groups (broad SMARTS) is 1. The first-order chi connectivity index (χ1) is 16.5. The van der Waals surface area contributed by atoms with Crippen LogP contribution in [0.2, 0.25) is 4.34 Å². The lowest BCUT2D eigenvalue weighted by Crippen LogP contribution is -2.71. The molecule has 2 atom stereocenters. The molecule has 2 amide bonds. The van der Waals surface area contributed by atoms with Crippen LogP contribution in [0.3, 0.4) is 0 Å². The lowest BCUT2D eigenvalue weighted by molar-refractivity contribution is -0.150. The Bertz CT molecular complexity index is 1210. The van der Waals surface area contributed by atoms with Crippen LogP contribution in [0.15, 0.2) is 32.4 Å². The molecule has 1 aromatic rings. The fraction of sp³-hybridized carbons (Fsp3) is 0.278. The summed E-state index contributed by atoms with van der Waals surface area (Å²) in [6.45, 7) is 1.60. The van der Waals surface area contributed by atoms with E-state index in [1.807, 2.05) is 0 Å². The number of aliphatic imine (C=N–C) groups is 1. The summed E-state index contributed by atoms with van der Waals surface area (Å²) in [5.74, 6) is -2.36. The number of β-lactam (4-membered cyclic amide) rings is 1. The molecule has 1 aromatic heterocycles. The molecule has 8 N–H and O–H groups in total. The zero-order valence-corrected chi connectivity index (χ0v) is 21.1. The second kappa shape index (κ2) is 11.1. The number of anilines is 1. The van der Waals surface area contributed by atoms with Crippen molar-refractivity contribution in [2.45, 2.75) is 24.8 Å². The van der Waals surface area contributed by atoms with Crippen molar-refractivity contribution in [2.75, 3.05) is 11.5 Å². The predicted molar refractivity (Wildman–Crippen MR) is 136 cm³/mol. The Balaban J connectivity index is 1.72. The summed E-state index contributed by atoms with van der Waals surface area (Å²) in [6.07, 6.45) is 1.61. The number of aromatic nitrogens is 1. The number of amidine groups is 1. The molecule has 0 radical (unpaired) electrons. The molecule has 2 aliphatic heterocycles. The summed E-state index contributed by atoms with van der Waals surface area (Å²) in [4.78, 5) is 46.7. The van der Waals surface area contributed by atoms with Crippen LogP contribution in [-0.4, -0.2) is 72.4 Å². The second-order valence-corrected chi connectivity index (χ2v) is 10.8. The number of nitrogen functional groups attached to an aromatic ring is 1. The van der Waals surface area contributed by atoms with Gasteiger partial charge in [0, 0.05) is 29.0 Å². The molecule has 1 saturated heterocycles. The third-order valence-electron chi connectivity index (χ3n) is 4.52. The quantitative estimate of drug-likeness (QED) is 0.0836. The monoisotopic (exact) mass is 558 g/mol. The largest absolute Gasteiger partial charge is 0.477 e. The van der Waals surface area contributed by atoms with E-state index in [9.17, 15) is 24.7 Å². The Labute approximate surface area is 215 Å². The minimum atomic E-state index is -1.30. The van der Waals surface area contributed by atoms with Gasteiger partial charge in [-0.2, -0.15) is 0 Å².